The third-order valence-corrected chi connectivity index (χ3v) is 3.52. The van der Waals surface area contributed by atoms with E-state index in [-0.39, 0.29) is 18.9 Å². The molecule has 1 nitrogen and oxygen atoms in total. The number of nitrogens with one attached hydrogen (secondary N) is 1. The summed E-state index contributed by atoms with van der Waals surface area (Å²) in [6, 6.07) is 6.97. The molecule has 1 unspecified atom stereocenters. The van der Waals surface area contributed by atoms with Gasteiger partial charge in [-0.2, -0.15) is 13.2 Å². The van der Waals surface area contributed by atoms with Crippen LogP contribution >= 0.6 is 11.6 Å². The van der Waals surface area contributed by atoms with Crippen molar-refractivity contribution < 1.29 is 13.2 Å². The van der Waals surface area contributed by atoms with Gasteiger partial charge in [0.2, 0.25) is 0 Å². The molecule has 0 radical (unpaired) electrons. The molecule has 1 saturated carbocycles. The van der Waals surface area contributed by atoms with E-state index in [1.165, 1.54) is 0 Å². The second kappa shape index (κ2) is 4.74. The van der Waals surface area contributed by atoms with Crippen molar-refractivity contribution in [2.75, 3.05) is 0 Å². The maximum absolute atomic E-state index is 12.8. The molecule has 1 N–H and O–H groups in total. The van der Waals surface area contributed by atoms with Crippen LogP contribution in [-0.4, -0.2) is 17.8 Å². The summed E-state index contributed by atoms with van der Waals surface area (Å²) in [6.07, 6.45) is -3.22. The van der Waals surface area contributed by atoms with Crippen molar-refractivity contribution in [1.29, 1.82) is 0 Å². The minimum Gasteiger partial charge on any atom is -0.301 e. The fraction of sp³-hybridized carbons (Fsp3) is 0.538. The van der Waals surface area contributed by atoms with Crippen molar-refractivity contribution in [3.05, 3.63) is 34.9 Å². The molecule has 1 atom stereocenters. The Labute approximate surface area is 109 Å². The van der Waals surface area contributed by atoms with Gasteiger partial charge in [0.15, 0.2) is 0 Å². The van der Waals surface area contributed by atoms with Gasteiger partial charge < -0.3 is 5.32 Å². The van der Waals surface area contributed by atoms with Crippen molar-refractivity contribution >= 4 is 11.6 Å². The summed E-state index contributed by atoms with van der Waals surface area (Å²) in [5.41, 5.74) is -0.656. The zero-order valence-corrected chi connectivity index (χ0v) is 10.8. The first-order valence-corrected chi connectivity index (χ1v) is 6.29. The number of hydrogen-bond donors (Lipinski definition) is 1. The highest BCUT2D eigenvalue weighted by Gasteiger charge is 2.63. The van der Waals surface area contributed by atoms with E-state index >= 15 is 0 Å². The van der Waals surface area contributed by atoms with E-state index in [2.05, 4.69) is 5.32 Å². The van der Waals surface area contributed by atoms with Crippen LogP contribution in [-0.2, 0) is 6.42 Å². The molecule has 0 aliphatic heterocycles. The molecule has 2 rings (SSSR count). The Morgan fingerprint density at radius 2 is 1.83 bits per heavy atom. The molecule has 0 bridgehead atoms. The predicted octanol–water partition coefficient (Wildman–Crippen LogP) is 3.96. The summed E-state index contributed by atoms with van der Waals surface area (Å²) in [5.74, 6) is 0. The van der Waals surface area contributed by atoms with E-state index in [1.807, 2.05) is 12.1 Å². The van der Waals surface area contributed by atoms with Crippen molar-refractivity contribution in [1.82, 2.24) is 5.32 Å². The predicted molar refractivity (Wildman–Crippen MR) is 65.8 cm³/mol. The monoisotopic (exact) mass is 277 g/mol. The van der Waals surface area contributed by atoms with Gasteiger partial charge in [-0.25, -0.2) is 0 Å². The standard InChI is InChI=1S/C13H15ClF3N/c1-9(8-10-2-4-11(14)5-3-10)18-12(6-7-12)13(15,16)17/h2-5,9,18H,6-8H2,1H3. The molecule has 0 amide bonds. The molecule has 1 fully saturated rings. The summed E-state index contributed by atoms with van der Waals surface area (Å²) in [5, 5.41) is 3.35. The number of hydrogen-bond acceptors (Lipinski definition) is 1. The van der Waals surface area contributed by atoms with Gasteiger partial charge >= 0.3 is 6.18 Å². The van der Waals surface area contributed by atoms with Crippen LogP contribution in [0.1, 0.15) is 25.3 Å². The van der Waals surface area contributed by atoms with E-state index in [0.717, 1.165) is 5.56 Å². The Morgan fingerprint density at radius 3 is 2.28 bits per heavy atom. The number of benzene rings is 1. The van der Waals surface area contributed by atoms with Crippen LogP contribution in [0.2, 0.25) is 5.02 Å². The Morgan fingerprint density at radius 1 is 1.28 bits per heavy atom. The average molecular weight is 278 g/mol. The molecule has 0 aromatic heterocycles. The van der Waals surface area contributed by atoms with Crippen LogP contribution in [0.4, 0.5) is 13.2 Å². The van der Waals surface area contributed by atoms with E-state index in [1.54, 1.807) is 19.1 Å². The van der Waals surface area contributed by atoms with Gasteiger partial charge in [-0.1, -0.05) is 23.7 Å². The van der Waals surface area contributed by atoms with Gasteiger partial charge in [0.25, 0.3) is 0 Å². The van der Waals surface area contributed by atoms with Crippen molar-refractivity contribution in [2.45, 2.75) is 43.9 Å². The van der Waals surface area contributed by atoms with Crippen LogP contribution in [0.3, 0.4) is 0 Å². The van der Waals surface area contributed by atoms with Crippen molar-refractivity contribution in [2.24, 2.45) is 0 Å². The van der Waals surface area contributed by atoms with Crippen LogP contribution < -0.4 is 5.32 Å². The van der Waals surface area contributed by atoms with Gasteiger partial charge in [-0.05, 0) is 43.9 Å². The molecule has 0 saturated heterocycles. The van der Waals surface area contributed by atoms with Crippen molar-refractivity contribution in [3.63, 3.8) is 0 Å². The van der Waals surface area contributed by atoms with E-state index in [4.69, 9.17) is 11.6 Å². The Kier molecular flexibility index (Phi) is 3.60. The van der Waals surface area contributed by atoms with Gasteiger partial charge in [0, 0.05) is 11.1 Å². The number of rotatable bonds is 4. The minimum atomic E-state index is -4.15. The lowest BCUT2D eigenvalue weighted by atomic mass is 10.1. The van der Waals surface area contributed by atoms with E-state index in [0.29, 0.717) is 11.4 Å². The Bertz CT molecular complexity index is 409. The second-order valence-electron chi connectivity index (χ2n) is 4.96. The summed E-state index contributed by atoms with van der Waals surface area (Å²) < 4.78 is 38.3. The van der Waals surface area contributed by atoms with Crippen LogP contribution in [0.5, 0.6) is 0 Å². The topological polar surface area (TPSA) is 12.0 Å². The van der Waals surface area contributed by atoms with E-state index < -0.39 is 11.7 Å². The van der Waals surface area contributed by atoms with Gasteiger partial charge in [0.05, 0.1) is 0 Å². The summed E-state index contributed by atoms with van der Waals surface area (Å²) >= 11 is 5.76. The highest BCUT2D eigenvalue weighted by atomic mass is 35.5. The minimum absolute atomic E-state index is 0.182. The smallest absolute Gasteiger partial charge is 0.301 e. The maximum atomic E-state index is 12.8. The molecule has 1 aliphatic carbocycles. The normalized spacial score (nSPS) is 19.6. The van der Waals surface area contributed by atoms with Crippen LogP contribution in [0.25, 0.3) is 0 Å². The molecule has 1 aromatic rings. The van der Waals surface area contributed by atoms with Crippen LogP contribution in [0.15, 0.2) is 24.3 Å². The highest BCUT2D eigenvalue weighted by Crippen LogP contribution is 2.49. The Hall–Kier alpha value is -0.740. The summed E-state index contributed by atoms with van der Waals surface area (Å²) in [6.45, 7) is 1.78. The van der Waals surface area contributed by atoms with E-state index in [9.17, 15) is 13.2 Å². The summed E-state index contributed by atoms with van der Waals surface area (Å²) in [4.78, 5) is 0. The van der Waals surface area contributed by atoms with Crippen LogP contribution in [0, 0.1) is 0 Å². The first-order valence-electron chi connectivity index (χ1n) is 5.91. The zero-order valence-electron chi connectivity index (χ0n) is 10.0. The molecule has 0 spiro atoms. The zero-order chi connectivity index (χ0) is 13.4. The first kappa shape index (κ1) is 13.7. The molecule has 5 heteroatoms. The van der Waals surface area contributed by atoms with Crippen molar-refractivity contribution in [3.8, 4) is 0 Å². The second-order valence-corrected chi connectivity index (χ2v) is 5.39. The fourth-order valence-electron chi connectivity index (χ4n) is 2.13. The molecule has 100 valence electrons. The molecule has 1 aromatic carbocycles. The summed E-state index contributed by atoms with van der Waals surface area (Å²) in [7, 11) is 0. The fourth-order valence-corrected chi connectivity index (χ4v) is 2.26. The maximum Gasteiger partial charge on any atom is 0.406 e. The quantitative estimate of drug-likeness (QED) is 0.878. The average Bonchev–Trinajstić information content (AvgIpc) is 3.01. The molecule has 18 heavy (non-hydrogen) atoms. The van der Waals surface area contributed by atoms with Gasteiger partial charge in [-0.15, -0.1) is 0 Å². The number of halogens is 4. The molecule has 1 aliphatic rings. The Balaban J connectivity index is 1.93. The largest absolute Gasteiger partial charge is 0.406 e. The number of alkyl halides is 3. The lowest BCUT2D eigenvalue weighted by Gasteiger charge is -2.25. The third-order valence-electron chi connectivity index (χ3n) is 3.27. The SMILES string of the molecule is CC(Cc1ccc(Cl)cc1)NC1(C(F)(F)F)CC1. The molecular weight excluding hydrogens is 263 g/mol. The highest BCUT2D eigenvalue weighted by molar-refractivity contribution is 6.30. The lowest BCUT2D eigenvalue weighted by Crippen LogP contribution is -2.49. The third kappa shape index (κ3) is 2.98. The molecule has 0 heterocycles. The van der Waals surface area contributed by atoms with Gasteiger partial charge in [0.1, 0.15) is 5.54 Å². The van der Waals surface area contributed by atoms with Gasteiger partial charge in [-0.3, -0.25) is 0 Å². The first-order chi connectivity index (χ1) is 8.32. The lowest BCUT2D eigenvalue weighted by molar-refractivity contribution is -0.167. The molecular formula is C13H15ClF3N.